The van der Waals surface area contributed by atoms with Crippen LogP contribution in [0, 0.1) is 10.1 Å². The number of nitrogens with zero attached hydrogens (tertiary/aromatic N) is 2. The Kier molecular flexibility index (Phi) is 4.47. The molecule has 20 heavy (non-hydrogen) atoms. The molecule has 2 aromatic rings. The minimum atomic E-state index is -0.434. The molecule has 2 rings (SSSR count). The number of non-ortho nitro benzene ring substituents is 1. The Balaban J connectivity index is 2.14. The fraction of sp³-hybridized carbons (Fsp3) is 0.0714. The minimum absolute atomic E-state index is 0.0338. The quantitative estimate of drug-likeness (QED) is 0.518. The average molecular weight is 334 g/mol. The van der Waals surface area contributed by atoms with Crippen molar-refractivity contribution in [2.24, 2.45) is 5.10 Å². The molecule has 0 saturated heterocycles. The Morgan fingerprint density at radius 3 is 2.60 bits per heavy atom. The van der Waals surface area contributed by atoms with Gasteiger partial charge < -0.3 is 0 Å². The normalized spacial score (nSPS) is 11.2. The highest BCUT2D eigenvalue weighted by atomic mass is 79.9. The number of hydrogen-bond donors (Lipinski definition) is 1. The Morgan fingerprint density at radius 1 is 1.25 bits per heavy atom. The summed E-state index contributed by atoms with van der Waals surface area (Å²) >= 11 is 3.37. The van der Waals surface area contributed by atoms with Crippen molar-refractivity contribution >= 4 is 33.0 Å². The van der Waals surface area contributed by atoms with E-state index in [1.807, 2.05) is 31.2 Å². The van der Waals surface area contributed by atoms with Crippen molar-refractivity contribution in [2.75, 3.05) is 5.43 Å². The summed E-state index contributed by atoms with van der Waals surface area (Å²) in [7, 11) is 0. The maximum atomic E-state index is 10.7. The summed E-state index contributed by atoms with van der Waals surface area (Å²) in [6.45, 7) is 1.87. The first kappa shape index (κ1) is 14.2. The van der Waals surface area contributed by atoms with Crippen LogP contribution in [0.3, 0.4) is 0 Å². The molecule has 0 heterocycles. The number of nitro benzene ring substituents is 1. The molecule has 1 N–H and O–H groups in total. The van der Waals surface area contributed by atoms with Gasteiger partial charge in [0.2, 0.25) is 0 Å². The maximum absolute atomic E-state index is 10.7. The van der Waals surface area contributed by atoms with Crippen molar-refractivity contribution in [3.63, 3.8) is 0 Å². The topological polar surface area (TPSA) is 67.5 Å². The van der Waals surface area contributed by atoms with Gasteiger partial charge in [-0.1, -0.05) is 34.1 Å². The molecule has 0 saturated carbocycles. The van der Waals surface area contributed by atoms with Gasteiger partial charge in [0.1, 0.15) is 0 Å². The van der Waals surface area contributed by atoms with E-state index in [0.717, 1.165) is 15.7 Å². The summed E-state index contributed by atoms with van der Waals surface area (Å²) < 4.78 is 1.00. The van der Waals surface area contributed by atoms with Gasteiger partial charge in [-0.05, 0) is 30.7 Å². The zero-order valence-corrected chi connectivity index (χ0v) is 12.3. The first-order valence-corrected chi connectivity index (χ1v) is 6.66. The van der Waals surface area contributed by atoms with Crippen LogP contribution < -0.4 is 5.43 Å². The van der Waals surface area contributed by atoms with Crippen LogP contribution in [0.4, 0.5) is 11.4 Å². The monoisotopic (exact) mass is 333 g/mol. The fourth-order valence-corrected chi connectivity index (χ4v) is 1.86. The van der Waals surface area contributed by atoms with E-state index in [-0.39, 0.29) is 5.69 Å². The van der Waals surface area contributed by atoms with Gasteiger partial charge >= 0.3 is 0 Å². The third-order valence-electron chi connectivity index (χ3n) is 2.67. The van der Waals surface area contributed by atoms with Crippen molar-refractivity contribution in [1.29, 1.82) is 0 Å². The predicted octanol–water partition coefficient (Wildman–Crippen LogP) is 4.19. The third kappa shape index (κ3) is 3.64. The lowest BCUT2D eigenvalue weighted by atomic mass is 10.1. The number of hydrazone groups is 1. The van der Waals surface area contributed by atoms with Crippen LogP contribution in [-0.2, 0) is 0 Å². The Labute approximate surface area is 124 Å². The van der Waals surface area contributed by atoms with Crippen LogP contribution in [0.2, 0.25) is 0 Å². The molecule has 0 bridgehead atoms. The molecule has 0 aliphatic rings. The second-order valence-corrected chi connectivity index (χ2v) is 5.04. The van der Waals surface area contributed by atoms with E-state index in [0.29, 0.717) is 5.69 Å². The van der Waals surface area contributed by atoms with Gasteiger partial charge in [-0.2, -0.15) is 5.10 Å². The molecular weight excluding hydrogens is 322 g/mol. The number of nitrogens with one attached hydrogen (secondary N) is 1. The molecule has 102 valence electrons. The second kappa shape index (κ2) is 6.29. The Bertz CT molecular complexity index is 654. The average Bonchev–Trinajstić information content (AvgIpc) is 2.46. The zero-order valence-electron chi connectivity index (χ0n) is 10.7. The van der Waals surface area contributed by atoms with Crippen LogP contribution >= 0.6 is 15.9 Å². The molecular formula is C14H12BrN3O2. The molecule has 0 atom stereocenters. The molecule has 0 aliphatic heterocycles. The third-order valence-corrected chi connectivity index (χ3v) is 3.20. The van der Waals surface area contributed by atoms with E-state index in [1.54, 1.807) is 12.1 Å². The van der Waals surface area contributed by atoms with E-state index >= 15 is 0 Å². The SMILES string of the molecule is C/C(=N/Nc1cccc([N+](=O)[O-])c1)c1ccc(Br)cc1. The van der Waals surface area contributed by atoms with Gasteiger partial charge in [-0.15, -0.1) is 0 Å². The summed E-state index contributed by atoms with van der Waals surface area (Å²) in [4.78, 5) is 10.2. The fourth-order valence-electron chi connectivity index (χ4n) is 1.59. The molecule has 6 heteroatoms. The number of anilines is 1. The van der Waals surface area contributed by atoms with Crippen molar-refractivity contribution in [1.82, 2.24) is 0 Å². The molecule has 5 nitrogen and oxygen atoms in total. The van der Waals surface area contributed by atoms with Crippen molar-refractivity contribution in [3.8, 4) is 0 Å². The number of halogens is 1. The minimum Gasteiger partial charge on any atom is -0.278 e. The zero-order chi connectivity index (χ0) is 14.5. The smallest absolute Gasteiger partial charge is 0.271 e. The van der Waals surface area contributed by atoms with Gasteiger partial charge in [-0.3, -0.25) is 15.5 Å². The number of hydrogen-bond acceptors (Lipinski definition) is 4. The molecule has 0 aliphatic carbocycles. The van der Waals surface area contributed by atoms with Crippen molar-refractivity contribution in [3.05, 3.63) is 68.7 Å². The van der Waals surface area contributed by atoms with Crippen LogP contribution in [0.15, 0.2) is 58.1 Å². The molecule has 0 fully saturated rings. The summed E-state index contributed by atoms with van der Waals surface area (Å²) in [5.41, 5.74) is 5.21. The highest BCUT2D eigenvalue weighted by molar-refractivity contribution is 9.10. The van der Waals surface area contributed by atoms with Crippen molar-refractivity contribution in [2.45, 2.75) is 6.92 Å². The van der Waals surface area contributed by atoms with Crippen LogP contribution in [-0.4, -0.2) is 10.6 Å². The number of nitro groups is 1. The van der Waals surface area contributed by atoms with Crippen LogP contribution in [0.5, 0.6) is 0 Å². The van der Waals surface area contributed by atoms with Crippen molar-refractivity contribution < 1.29 is 4.92 Å². The lowest BCUT2D eigenvalue weighted by Crippen LogP contribution is -1.99. The first-order chi connectivity index (χ1) is 9.56. The van der Waals surface area contributed by atoms with Gasteiger partial charge in [0.15, 0.2) is 0 Å². The summed E-state index contributed by atoms with van der Waals surface area (Å²) in [6.07, 6.45) is 0. The molecule has 0 spiro atoms. The maximum Gasteiger partial charge on any atom is 0.271 e. The first-order valence-electron chi connectivity index (χ1n) is 5.87. The molecule has 0 radical (unpaired) electrons. The molecule has 0 unspecified atom stereocenters. The highest BCUT2D eigenvalue weighted by Crippen LogP contribution is 2.17. The number of rotatable bonds is 4. The lowest BCUT2D eigenvalue weighted by molar-refractivity contribution is -0.384. The highest BCUT2D eigenvalue weighted by Gasteiger charge is 2.05. The summed E-state index contributed by atoms with van der Waals surface area (Å²) in [5, 5.41) is 14.9. The van der Waals surface area contributed by atoms with E-state index < -0.39 is 4.92 Å². The second-order valence-electron chi connectivity index (χ2n) is 4.12. The number of benzene rings is 2. The van der Waals surface area contributed by atoms with Gasteiger partial charge in [0, 0.05) is 16.6 Å². The van der Waals surface area contributed by atoms with Gasteiger partial charge in [0.25, 0.3) is 5.69 Å². The summed E-state index contributed by atoms with van der Waals surface area (Å²) in [6, 6.07) is 14.0. The Morgan fingerprint density at radius 2 is 1.95 bits per heavy atom. The van der Waals surface area contributed by atoms with E-state index in [9.17, 15) is 10.1 Å². The Hall–Kier alpha value is -2.21. The van der Waals surface area contributed by atoms with E-state index in [1.165, 1.54) is 12.1 Å². The molecule has 0 amide bonds. The summed E-state index contributed by atoms with van der Waals surface area (Å²) in [5.74, 6) is 0. The molecule has 0 aromatic heterocycles. The van der Waals surface area contributed by atoms with Gasteiger partial charge in [0.05, 0.1) is 16.3 Å². The van der Waals surface area contributed by atoms with E-state index in [4.69, 9.17) is 0 Å². The lowest BCUT2D eigenvalue weighted by Gasteiger charge is -2.04. The largest absolute Gasteiger partial charge is 0.278 e. The van der Waals surface area contributed by atoms with Crippen LogP contribution in [0.1, 0.15) is 12.5 Å². The van der Waals surface area contributed by atoms with E-state index in [2.05, 4.69) is 26.5 Å². The predicted molar refractivity (Wildman–Crippen MR) is 83.1 cm³/mol. The standard InChI is InChI=1S/C14H12BrN3O2/c1-10(11-5-7-12(15)8-6-11)16-17-13-3-2-4-14(9-13)18(19)20/h2-9,17H,1H3/b16-10-. The van der Waals surface area contributed by atoms with Gasteiger partial charge in [-0.25, -0.2) is 0 Å². The molecule has 2 aromatic carbocycles. The van der Waals surface area contributed by atoms with Crippen LogP contribution in [0.25, 0.3) is 0 Å².